The number of quaternary nitrogens is 1. The minimum atomic E-state index is -0.193. The number of rotatable bonds is 1. The lowest BCUT2D eigenvalue weighted by Gasteiger charge is -2.34. The Morgan fingerprint density at radius 2 is 1.90 bits per heavy atom. The lowest BCUT2D eigenvalue weighted by atomic mass is 10.2. The zero-order valence-corrected chi connectivity index (χ0v) is 13.0. The Balaban J connectivity index is 2.33. The highest BCUT2D eigenvalue weighted by Gasteiger charge is 2.53. The highest BCUT2D eigenvalue weighted by atomic mass is 35.5. The van der Waals surface area contributed by atoms with Crippen molar-refractivity contribution in [2.24, 2.45) is 15.1 Å². The third kappa shape index (κ3) is 1.66. The first-order chi connectivity index (χ1) is 9.48. The SMILES string of the molecule is CC1=NC2=NC=N[N+]2(c2c(Cl)cccc2Cl)C(=S)N1C. The van der Waals surface area contributed by atoms with Gasteiger partial charge in [-0.25, -0.2) is 0 Å². The molecule has 8 heteroatoms. The standard InChI is InChI=1S/C12H10Cl2N5S/c1-7-17-11-15-6-16-19(11,12(20)18(7)2)10-8(13)4-3-5-9(10)14/h3-6H,1-2H3/q+1. The van der Waals surface area contributed by atoms with Gasteiger partial charge in [-0.15, -0.1) is 0 Å². The van der Waals surface area contributed by atoms with Crippen molar-refractivity contribution in [3.63, 3.8) is 0 Å². The fraction of sp³-hybridized carbons (Fsp3) is 0.167. The molecule has 102 valence electrons. The number of aliphatic imine (C=N–C) groups is 2. The third-order valence-corrected chi connectivity index (χ3v) is 4.41. The van der Waals surface area contributed by atoms with E-state index in [4.69, 9.17) is 35.4 Å². The van der Waals surface area contributed by atoms with Crippen LogP contribution in [0.1, 0.15) is 6.92 Å². The van der Waals surface area contributed by atoms with Gasteiger partial charge in [-0.1, -0.05) is 29.3 Å². The molecule has 0 spiro atoms. The van der Waals surface area contributed by atoms with Gasteiger partial charge in [0.15, 0.2) is 6.34 Å². The van der Waals surface area contributed by atoms with Gasteiger partial charge in [-0.2, -0.15) is 9.98 Å². The molecule has 0 bridgehead atoms. The van der Waals surface area contributed by atoms with Gasteiger partial charge in [0.1, 0.15) is 15.9 Å². The number of thiocarbonyl (C=S) groups is 1. The molecule has 0 saturated heterocycles. The number of halogens is 2. The van der Waals surface area contributed by atoms with Crippen LogP contribution in [0.15, 0.2) is 33.3 Å². The van der Waals surface area contributed by atoms with Gasteiger partial charge in [0.2, 0.25) is 5.69 Å². The minimum Gasteiger partial charge on any atom is -0.275 e. The normalized spacial score (nSPS) is 24.6. The van der Waals surface area contributed by atoms with E-state index < -0.39 is 0 Å². The molecule has 0 fully saturated rings. The van der Waals surface area contributed by atoms with E-state index in [0.717, 1.165) is 5.84 Å². The second-order valence-corrected chi connectivity index (χ2v) is 5.55. The number of nitrogens with zero attached hydrogens (tertiary/aromatic N) is 5. The first-order valence-electron chi connectivity index (χ1n) is 5.78. The van der Waals surface area contributed by atoms with E-state index in [2.05, 4.69) is 15.1 Å². The maximum Gasteiger partial charge on any atom is 0.372 e. The lowest BCUT2D eigenvalue weighted by molar-refractivity contribution is 0.550. The zero-order valence-electron chi connectivity index (χ0n) is 10.7. The molecule has 5 nitrogen and oxygen atoms in total. The van der Waals surface area contributed by atoms with Gasteiger partial charge in [-0.3, -0.25) is 4.90 Å². The topological polar surface area (TPSA) is 40.3 Å². The summed E-state index contributed by atoms with van der Waals surface area (Å²) < 4.78 is -0.193. The van der Waals surface area contributed by atoms with Crippen LogP contribution in [0.4, 0.5) is 5.69 Å². The van der Waals surface area contributed by atoms with Crippen molar-refractivity contribution in [3.8, 4) is 0 Å². The smallest absolute Gasteiger partial charge is 0.275 e. The van der Waals surface area contributed by atoms with Crippen molar-refractivity contribution >= 4 is 64.4 Å². The molecule has 2 heterocycles. The molecular formula is C12H10Cl2N5S+. The summed E-state index contributed by atoms with van der Waals surface area (Å²) in [5, 5.41) is 5.83. The summed E-state index contributed by atoms with van der Waals surface area (Å²) in [7, 11) is 1.83. The Hall–Kier alpha value is -1.34. The molecule has 20 heavy (non-hydrogen) atoms. The molecule has 0 aromatic heterocycles. The molecular weight excluding hydrogens is 317 g/mol. The van der Waals surface area contributed by atoms with E-state index >= 15 is 0 Å². The summed E-state index contributed by atoms with van der Waals surface area (Å²) in [6.07, 6.45) is 1.43. The number of hydrogen-bond donors (Lipinski definition) is 0. The first kappa shape index (κ1) is 13.6. The monoisotopic (exact) mass is 326 g/mol. The van der Waals surface area contributed by atoms with Crippen molar-refractivity contribution in [2.45, 2.75) is 6.92 Å². The summed E-state index contributed by atoms with van der Waals surface area (Å²) >= 11 is 18.2. The Morgan fingerprint density at radius 3 is 2.55 bits per heavy atom. The largest absolute Gasteiger partial charge is 0.372 e. The van der Waals surface area contributed by atoms with Crippen molar-refractivity contribution in [1.82, 2.24) is 9.49 Å². The van der Waals surface area contributed by atoms with Crippen LogP contribution in [0.3, 0.4) is 0 Å². The minimum absolute atomic E-state index is 0.193. The molecule has 3 rings (SSSR count). The summed E-state index contributed by atoms with van der Waals surface area (Å²) in [6, 6.07) is 5.26. The molecule has 0 amide bonds. The second-order valence-electron chi connectivity index (χ2n) is 4.37. The van der Waals surface area contributed by atoms with Crippen LogP contribution in [0.2, 0.25) is 10.0 Å². The first-order valence-corrected chi connectivity index (χ1v) is 6.94. The molecule has 0 radical (unpaired) electrons. The fourth-order valence-corrected chi connectivity index (χ4v) is 3.15. The Morgan fingerprint density at radius 1 is 1.25 bits per heavy atom. The predicted molar refractivity (Wildman–Crippen MR) is 87.7 cm³/mol. The molecule has 2 aliphatic rings. The number of hydrogen-bond acceptors (Lipinski definition) is 4. The van der Waals surface area contributed by atoms with Crippen molar-refractivity contribution < 1.29 is 0 Å². The number of guanidine groups is 1. The van der Waals surface area contributed by atoms with Crippen LogP contribution < -0.4 is 4.59 Å². The van der Waals surface area contributed by atoms with Crippen molar-refractivity contribution in [3.05, 3.63) is 28.2 Å². The van der Waals surface area contributed by atoms with Crippen LogP contribution in [-0.2, 0) is 0 Å². The quantitative estimate of drug-likeness (QED) is 0.587. The third-order valence-electron chi connectivity index (χ3n) is 3.26. The van der Waals surface area contributed by atoms with E-state index in [0.29, 0.717) is 26.8 Å². The molecule has 1 unspecified atom stereocenters. The van der Waals surface area contributed by atoms with Gasteiger partial charge in [0.25, 0.3) is 0 Å². The molecule has 0 N–H and O–H groups in total. The van der Waals surface area contributed by atoms with Crippen molar-refractivity contribution in [1.29, 1.82) is 0 Å². The van der Waals surface area contributed by atoms with E-state index in [1.54, 1.807) is 23.1 Å². The van der Waals surface area contributed by atoms with Gasteiger partial charge >= 0.3 is 11.1 Å². The maximum absolute atomic E-state index is 6.32. The van der Waals surface area contributed by atoms with E-state index in [9.17, 15) is 0 Å². The number of benzene rings is 1. The predicted octanol–water partition coefficient (Wildman–Crippen LogP) is 3.26. The molecule has 2 aliphatic heterocycles. The zero-order chi connectivity index (χ0) is 14.5. The molecule has 0 aliphatic carbocycles. The van der Waals surface area contributed by atoms with Gasteiger partial charge in [0.05, 0.1) is 0 Å². The summed E-state index contributed by atoms with van der Waals surface area (Å²) in [5.74, 6) is 1.19. The Labute approximate surface area is 131 Å². The molecule has 1 aromatic rings. The molecule has 1 atom stereocenters. The maximum atomic E-state index is 6.32. The van der Waals surface area contributed by atoms with Crippen LogP contribution in [0.25, 0.3) is 0 Å². The van der Waals surface area contributed by atoms with E-state index in [1.807, 2.05) is 14.0 Å². The summed E-state index contributed by atoms with van der Waals surface area (Å²) in [4.78, 5) is 10.4. The molecule has 1 aromatic carbocycles. The number of amidine groups is 1. The van der Waals surface area contributed by atoms with Crippen LogP contribution >= 0.6 is 35.4 Å². The van der Waals surface area contributed by atoms with E-state index in [-0.39, 0.29) is 4.59 Å². The second kappa shape index (κ2) is 4.60. The number of fused-ring (bicyclic) bond motifs is 1. The van der Waals surface area contributed by atoms with Crippen LogP contribution in [0.5, 0.6) is 0 Å². The van der Waals surface area contributed by atoms with Crippen molar-refractivity contribution in [2.75, 3.05) is 7.05 Å². The van der Waals surface area contributed by atoms with Gasteiger partial charge in [0, 0.05) is 19.3 Å². The Kier molecular flexibility index (Phi) is 3.13. The van der Waals surface area contributed by atoms with E-state index in [1.165, 1.54) is 6.34 Å². The average molecular weight is 327 g/mol. The summed E-state index contributed by atoms with van der Waals surface area (Å²) in [5.41, 5.74) is 0.566. The van der Waals surface area contributed by atoms with Gasteiger partial charge < -0.3 is 0 Å². The summed E-state index contributed by atoms with van der Waals surface area (Å²) in [6.45, 7) is 1.86. The fourth-order valence-electron chi connectivity index (χ4n) is 2.15. The molecule has 0 saturated carbocycles. The highest BCUT2D eigenvalue weighted by molar-refractivity contribution is 7.80. The van der Waals surface area contributed by atoms with Crippen LogP contribution in [-0.4, -0.2) is 35.2 Å². The highest BCUT2D eigenvalue weighted by Crippen LogP contribution is 2.42. The number of para-hydroxylation sites is 1. The lowest BCUT2D eigenvalue weighted by Crippen LogP contribution is -2.61. The Bertz CT molecular complexity index is 692. The van der Waals surface area contributed by atoms with Gasteiger partial charge in [-0.05, 0) is 28.7 Å². The average Bonchev–Trinajstić information content (AvgIpc) is 2.81. The van der Waals surface area contributed by atoms with Crippen LogP contribution in [0, 0.1) is 0 Å².